The first-order valence-corrected chi connectivity index (χ1v) is 8.47. The topological polar surface area (TPSA) is 53.7 Å². The zero-order valence-corrected chi connectivity index (χ0v) is 14.2. The van der Waals surface area contributed by atoms with Gasteiger partial charge in [-0.05, 0) is 41.8 Å². The van der Waals surface area contributed by atoms with E-state index in [-0.39, 0.29) is 5.75 Å². The van der Waals surface area contributed by atoms with Crippen LogP contribution >= 0.6 is 0 Å². The molecule has 0 amide bonds. The maximum absolute atomic E-state index is 12.7. The number of fused-ring (bicyclic) bond motifs is 3. The van der Waals surface area contributed by atoms with Gasteiger partial charge in [0, 0.05) is 31.1 Å². The molecule has 0 radical (unpaired) electrons. The largest absolute Gasteiger partial charge is 0.508 e. The smallest absolute Gasteiger partial charge is 0.416 e. The second-order valence-electron chi connectivity index (χ2n) is 6.68. The van der Waals surface area contributed by atoms with Crippen molar-refractivity contribution in [1.82, 2.24) is 4.90 Å². The van der Waals surface area contributed by atoms with Crippen LogP contribution in [0.3, 0.4) is 0 Å². The fourth-order valence-corrected chi connectivity index (χ4v) is 3.50. The van der Waals surface area contributed by atoms with Crippen molar-refractivity contribution in [3.8, 4) is 5.75 Å². The molecule has 0 aliphatic carbocycles. The Balaban J connectivity index is 1.58. The standard InChI is InChI=1S/C20H16F3NO3/c21-20(22,23)13-3-1-12(2-4-13)10-24-8-7-15-16-6-5-14(25)9-18(16)27-19(26)17(15)11-24/h1-6,9,25H,7-8,10-11H2. The first-order chi connectivity index (χ1) is 12.8. The van der Waals surface area contributed by atoms with Crippen molar-refractivity contribution in [2.45, 2.75) is 25.7 Å². The Labute approximate surface area is 152 Å². The molecule has 1 aliphatic rings. The highest BCUT2D eigenvalue weighted by Crippen LogP contribution is 2.30. The molecule has 4 rings (SSSR count). The summed E-state index contributed by atoms with van der Waals surface area (Å²) in [4.78, 5) is 14.4. The minimum absolute atomic E-state index is 0.0327. The molecule has 0 unspecified atom stereocenters. The molecule has 0 atom stereocenters. The lowest BCUT2D eigenvalue weighted by atomic mass is 9.97. The van der Waals surface area contributed by atoms with Gasteiger partial charge in [0.25, 0.3) is 0 Å². The predicted octanol–water partition coefficient (Wildman–Crippen LogP) is 4.08. The summed E-state index contributed by atoms with van der Waals surface area (Å²) in [5.41, 5.74) is 1.46. The summed E-state index contributed by atoms with van der Waals surface area (Å²) in [5.74, 6) is 0.0327. The van der Waals surface area contributed by atoms with Gasteiger partial charge in [-0.2, -0.15) is 13.2 Å². The molecule has 0 saturated heterocycles. The van der Waals surface area contributed by atoms with Crippen LogP contribution in [0.4, 0.5) is 13.2 Å². The van der Waals surface area contributed by atoms with Crippen LogP contribution in [0.25, 0.3) is 11.0 Å². The fourth-order valence-electron chi connectivity index (χ4n) is 3.50. The first-order valence-electron chi connectivity index (χ1n) is 8.47. The third-order valence-corrected chi connectivity index (χ3v) is 4.85. The third kappa shape index (κ3) is 3.42. The van der Waals surface area contributed by atoms with Crippen LogP contribution in [-0.4, -0.2) is 16.6 Å². The molecule has 1 N–H and O–H groups in total. The van der Waals surface area contributed by atoms with Crippen molar-refractivity contribution in [2.75, 3.05) is 6.54 Å². The van der Waals surface area contributed by atoms with Crippen molar-refractivity contribution >= 4 is 11.0 Å². The SMILES string of the molecule is O=c1oc2cc(O)ccc2c2c1CN(Cc1ccc(C(F)(F)F)cc1)CC2. The monoisotopic (exact) mass is 375 g/mol. The molecule has 7 heteroatoms. The molecular weight excluding hydrogens is 359 g/mol. The summed E-state index contributed by atoms with van der Waals surface area (Å²) in [7, 11) is 0. The van der Waals surface area contributed by atoms with Crippen LogP contribution in [0.5, 0.6) is 5.75 Å². The van der Waals surface area contributed by atoms with E-state index in [0.717, 1.165) is 28.6 Å². The lowest BCUT2D eigenvalue weighted by Crippen LogP contribution is -2.33. The van der Waals surface area contributed by atoms with Gasteiger partial charge in [-0.25, -0.2) is 4.79 Å². The van der Waals surface area contributed by atoms with Crippen LogP contribution in [0, 0.1) is 0 Å². The van der Waals surface area contributed by atoms with E-state index >= 15 is 0 Å². The minimum atomic E-state index is -4.35. The van der Waals surface area contributed by atoms with Gasteiger partial charge in [-0.15, -0.1) is 0 Å². The highest BCUT2D eigenvalue weighted by molar-refractivity contribution is 5.82. The molecule has 2 heterocycles. The fraction of sp³-hybridized carbons (Fsp3) is 0.250. The number of phenolic OH excluding ortho intramolecular Hbond substituents is 1. The van der Waals surface area contributed by atoms with E-state index in [4.69, 9.17) is 4.42 Å². The Morgan fingerprint density at radius 2 is 1.81 bits per heavy atom. The highest BCUT2D eigenvalue weighted by Gasteiger charge is 2.30. The number of hydrogen-bond donors (Lipinski definition) is 1. The van der Waals surface area contributed by atoms with Gasteiger partial charge in [0.2, 0.25) is 0 Å². The van der Waals surface area contributed by atoms with E-state index < -0.39 is 17.4 Å². The number of phenols is 1. The number of aromatic hydroxyl groups is 1. The molecule has 0 bridgehead atoms. The third-order valence-electron chi connectivity index (χ3n) is 4.85. The summed E-state index contributed by atoms with van der Waals surface area (Å²) in [5, 5.41) is 10.4. The van der Waals surface area contributed by atoms with Crippen LogP contribution in [0.1, 0.15) is 22.3 Å². The second-order valence-corrected chi connectivity index (χ2v) is 6.68. The summed E-state index contributed by atoms with van der Waals surface area (Å²) in [6.45, 7) is 1.49. The maximum atomic E-state index is 12.7. The Bertz CT molecular complexity index is 1050. The maximum Gasteiger partial charge on any atom is 0.416 e. The van der Waals surface area contributed by atoms with Crippen molar-refractivity contribution in [2.24, 2.45) is 0 Å². The van der Waals surface area contributed by atoms with E-state index in [1.54, 1.807) is 12.1 Å². The molecule has 4 nitrogen and oxygen atoms in total. The van der Waals surface area contributed by atoms with Crippen molar-refractivity contribution in [1.29, 1.82) is 0 Å². The Hall–Kier alpha value is -2.80. The molecule has 27 heavy (non-hydrogen) atoms. The average Bonchev–Trinajstić information content (AvgIpc) is 2.61. The molecule has 140 valence electrons. The molecule has 1 aromatic heterocycles. The minimum Gasteiger partial charge on any atom is -0.508 e. The molecule has 0 spiro atoms. The van der Waals surface area contributed by atoms with Gasteiger partial charge >= 0.3 is 11.8 Å². The lowest BCUT2D eigenvalue weighted by Gasteiger charge is -2.28. The number of alkyl halides is 3. The van der Waals surface area contributed by atoms with Crippen LogP contribution in [0.15, 0.2) is 51.7 Å². The Kier molecular flexibility index (Phi) is 4.19. The van der Waals surface area contributed by atoms with E-state index in [0.29, 0.717) is 37.2 Å². The lowest BCUT2D eigenvalue weighted by molar-refractivity contribution is -0.137. The van der Waals surface area contributed by atoms with Crippen LogP contribution < -0.4 is 5.63 Å². The quantitative estimate of drug-likeness (QED) is 0.686. The van der Waals surface area contributed by atoms with Crippen LogP contribution in [0.2, 0.25) is 0 Å². The molecule has 0 fully saturated rings. The first kappa shape index (κ1) is 17.6. The van der Waals surface area contributed by atoms with Crippen molar-refractivity contribution < 1.29 is 22.7 Å². The Morgan fingerprint density at radius 3 is 2.52 bits per heavy atom. The number of rotatable bonds is 2. The molecule has 0 saturated carbocycles. The predicted molar refractivity (Wildman–Crippen MR) is 93.4 cm³/mol. The zero-order valence-electron chi connectivity index (χ0n) is 14.2. The summed E-state index contributed by atoms with van der Waals surface area (Å²) in [6.07, 6.45) is -3.72. The van der Waals surface area contributed by atoms with Gasteiger partial charge in [0.15, 0.2) is 0 Å². The van der Waals surface area contributed by atoms with E-state index in [1.165, 1.54) is 18.2 Å². The number of benzene rings is 2. The zero-order chi connectivity index (χ0) is 19.2. The van der Waals surface area contributed by atoms with Gasteiger partial charge in [-0.1, -0.05) is 12.1 Å². The van der Waals surface area contributed by atoms with Gasteiger partial charge in [0.05, 0.1) is 11.1 Å². The van der Waals surface area contributed by atoms with E-state index in [1.807, 2.05) is 4.90 Å². The molecule has 1 aliphatic heterocycles. The van der Waals surface area contributed by atoms with Gasteiger partial charge < -0.3 is 9.52 Å². The van der Waals surface area contributed by atoms with Crippen molar-refractivity contribution in [3.05, 3.63) is 75.1 Å². The number of hydrogen-bond acceptors (Lipinski definition) is 4. The summed E-state index contributed by atoms with van der Waals surface area (Å²) >= 11 is 0. The Morgan fingerprint density at radius 1 is 1.07 bits per heavy atom. The van der Waals surface area contributed by atoms with Gasteiger partial charge in [0.1, 0.15) is 11.3 Å². The highest BCUT2D eigenvalue weighted by atomic mass is 19.4. The number of halogens is 3. The summed E-state index contributed by atoms with van der Waals surface area (Å²) < 4.78 is 43.3. The second kappa shape index (κ2) is 6.42. The van der Waals surface area contributed by atoms with E-state index in [2.05, 4.69) is 0 Å². The molecule has 2 aromatic carbocycles. The van der Waals surface area contributed by atoms with Crippen LogP contribution in [-0.2, 0) is 25.7 Å². The summed E-state index contributed by atoms with van der Waals surface area (Å²) in [6, 6.07) is 9.78. The van der Waals surface area contributed by atoms with Crippen molar-refractivity contribution in [3.63, 3.8) is 0 Å². The molecule has 3 aromatic rings. The van der Waals surface area contributed by atoms with E-state index in [9.17, 15) is 23.1 Å². The number of nitrogens with zero attached hydrogens (tertiary/aromatic N) is 1. The molecular formula is C20H16F3NO3. The van der Waals surface area contributed by atoms with Gasteiger partial charge in [-0.3, -0.25) is 4.90 Å². The average molecular weight is 375 g/mol. The normalized spacial score (nSPS) is 15.1.